The fourth-order valence-electron chi connectivity index (χ4n) is 6.32. The summed E-state index contributed by atoms with van der Waals surface area (Å²) in [6, 6.07) is 18.6. The van der Waals surface area contributed by atoms with E-state index in [9.17, 15) is 27.2 Å². The van der Waals surface area contributed by atoms with Crippen molar-refractivity contribution >= 4 is 29.1 Å². The first-order chi connectivity index (χ1) is 23.6. The number of benzene rings is 2. The number of likely N-dealkylation sites (tertiary alicyclic amines) is 1. The van der Waals surface area contributed by atoms with Crippen LogP contribution in [0.4, 0.5) is 39.5 Å². The van der Waals surface area contributed by atoms with Crippen molar-refractivity contribution in [1.29, 1.82) is 0 Å². The summed E-state index contributed by atoms with van der Waals surface area (Å²) in [6.45, 7) is 1.89. The lowest BCUT2D eigenvalue weighted by Gasteiger charge is -2.40. The number of para-hydroxylation sites is 1. The van der Waals surface area contributed by atoms with E-state index in [0.29, 0.717) is 31.4 Å². The van der Waals surface area contributed by atoms with Gasteiger partial charge < -0.3 is 35.8 Å². The number of piperazine rings is 1. The average molecular weight is 680 g/mol. The van der Waals surface area contributed by atoms with Gasteiger partial charge in [-0.2, -0.15) is 13.2 Å². The number of hydrogen-bond donors (Lipinski definition) is 3. The third-order valence-corrected chi connectivity index (χ3v) is 8.94. The molecule has 0 saturated carbocycles. The molecule has 258 valence electrons. The van der Waals surface area contributed by atoms with Gasteiger partial charge in [0.1, 0.15) is 11.6 Å². The van der Waals surface area contributed by atoms with Crippen LogP contribution in [0.1, 0.15) is 37.2 Å². The van der Waals surface area contributed by atoms with Crippen molar-refractivity contribution in [2.75, 3.05) is 48.3 Å². The van der Waals surface area contributed by atoms with E-state index in [-0.39, 0.29) is 36.8 Å². The molecule has 3 aromatic rings. The number of ether oxygens (including phenoxy) is 1. The first-order valence-corrected chi connectivity index (χ1v) is 16.1. The number of carbonyl (C=O) groups excluding carboxylic acids is 2. The lowest BCUT2D eigenvalue weighted by atomic mass is 9.89. The number of hydrogen-bond acceptors (Lipinski definition) is 7. The predicted molar refractivity (Wildman–Crippen MR) is 177 cm³/mol. The van der Waals surface area contributed by atoms with Crippen molar-refractivity contribution in [2.24, 2.45) is 5.73 Å². The zero-order chi connectivity index (χ0) is 34.5. The van der Waals surface area contributed by atoms with Crippen LogP contribution in [-0.4, -0.2) is 71.8 Å². The standard InChI is InChI=1S/C35H37F4N7O3/c36-27-10-4-5-11-28(27)43-34(48)45-19-20-46(29(40)22-45)30-14-13-25(21-41-30)42-33(47)32-26(35(37,38)39)9-6-12-31(49-32)44-17-15-24(16-18-44)23-7-2-1-3-8-23/h1-5,7-8,10-14,21,24,29H,6,9,15-20,22,40H2,(H,42,47)(H,43,48). The number of piperidine rings is 1. The molecular weight excluding hydrogens is 642 g/mol. The summed E-state index contributed by atoms with van der Waals surface area (Å²) in [5.41, 5.74) is 6.77. The molecular formula is C35H37F4N7O3. The molecule has 2 fully saturated rings. The molecule has 49 heavy (non-hydrogen) atoms. The molecule has 10 nitrogen and oxygen atoms in total. The molecule has 2 saturated heterocycles. The van der Waals surface area contributed by atoms with Crippen molar-refractivity contribution in [1.82, 2.24) is 14.8 Å². The minimum absolute atomic E-state index is 0.0610. The van der Waals surface area contributed by atoms with Crippen LogP contribution >= 0.6 is 0 Å². The van der Waals surface area contributed by atoms with E-state index in [2.05, 4.69) is 27.8 Å². The Morgan fingerprint density at radius 3 is 2.33 bits per heavy atom. The summed E-state index contributed by atoms with van der Waals surface area (Å²) in [5.74, 6) is -1.32. The van der Waals surface area contributed by atoms with E-state index in [0.717, 1.165) is 12.8 Å². The number of anilines is 3. The van der Waals surface area contributed by atoms with Crippen molar-refractivity contribution < 1.29 is 31.9 Å². The number of alkyl halides is 3. The summed E-state index contributed by atoms with van der Waals surface area (Å²) in [6.07, 6.45) is -1.16. The molecule has 4 heterocycles. The first kappa shape index (κ1) is 33.8. The van der Waals surface area contributed by atoms with Gasteiger partial charge in [-0.15, -0.1) is 0 Å². The number of allylic oxidation sites excluding steroid dienone is 2. The molecule has 2 aromatic carbocycles. The second-order valence-electron chi connectivity index (χ2n) is 12.1. The predicted octanol–water partition coefficient (Wildman–Crippen LogP) is 6.15. The number of nitrogens with one attached hydrogen (secondary N) is 2. The van der Waals surface area contributed by atoms with Crippen molar-refractivity contribution in [3.8, 4) is 0 Å². The smallest absolute Gasteiger partial charge is 0.416 e. The molecule has 0 bridgehead atoms. The topological polar surface area (TPSA) is 116 Å². The number of halogens is 4. The number of nitrogens with zero attached hydrogens (tertiary/aromatic N) is 4. The lowest BCUT2D eigenvalue weighted by molar-refractivity contribution is -0.119. The molecule has 1 unspecified atom stereocenters. The average Bonchev–Trinajstić information content (AvgIpc) is 3.34. The van der Waals surface area contributed by atoms with Crippen LogP contribution in [0.15, 0.2) is 96.2 Å². The molecule has 14 heteroatoms. The highest BCUT2D eigenvalue weighted by Crippen LogP contribution is 2.37. The molecule has 3 amide bonds. The Hall–Kier alpha value is -5.11. The summed E-state index contributed by atoms with van der Waals surface area (Å²) in [7, 11) is 0. The van der Waals surface area contributed by atoms with Crippen molar-refractivity contribution in [3.05, 3.63) is 108 Å². The Balaban J connectivity index is 1.08. The molecule has 6 rings (SSSR count). The quantitative estimate of drug-likeness (QED) is 0.268. The zero-order valence-corrected chi connectivity index (χ0v) is 26.6. The van der Waals surface area contributed by atoms with E-state index in [1.165, 1.54) is 40.9 Å². The van der Waals surface area contributed by atoms with Crippen LogP contribution in [0.25, 0.3) is 0 Å². The van der Waals surface area contributed by atoms with E-state index in [1.54, 1.807) is 23.1 Å². The van der Waals surface area contributed by atoms with Crippen LogP contribution in [0.5, 0.6) is 0 Å². The molecule has 3 aliphatic heterocycles. The van der Waals surface area contributed by atoms with E-state index < -0.39 is 47.9 Å². The van der Waals surface area contributed by atoms with Gasteiger partial charge >= 0.3 is 12.2 Å². The number of aromatic nitrogens is 1. The Morgan fingerprint density at radius 2 is 1.65 bits per heavy atom. The number of urea groups is 1. The van der Waals surface area contributed by atoms with Crippen molar-refractivity contribution in [3.63, 3.8) is 0 Å². The molecule has 0 radical (unpaired) electrons. The Labute approximate surface area is 281 Å². The SMILES string of the molecule is NC1CN(C(=O)Nc2ccccc2F)CCN1c1ccc(NC(=O)C2=C(C(F)(F)F)CCC=C(N3CCC(c4ccccc4)CC3)O2)cn1. The number of carbonyl (C=O) groups is 2. The summed E-state index contributed by atoms with van der Waals surface area (Å²) in [5, 5.41) is 5.06. The lowest BCUT2D eigenvalue weighted by Crippen LogP contribution is -2.59. The minimum Gasteiger partial charge on any atom is -0.435 e. The molecule has 0 aliphatic carbocycles. The van der Waals surface area contributed by atoms with Gasteiger partial charge in [0.25, 0.3) is 5.91 Å². The highest BCUT2D eigenvalue weighted by Gasteiger charge is 2.41. The van der Waals surface area contributed by atoms with E-state index in [1.807, 2.05) is 23.1 Å². The van der Waals surface area contributed by atoms with Crippen LogP contribution in [0.3, 0.4) is 0 Å². The molecule has 3 aliphatic rings. The maximum absolute atomic E-state index is 14.1. The first-order valence-electron chi connectivity index (χ1n) is 16.1. The van der Waals surface area contributed by atoms with Crippen LogP contribution in [0.2, 0.25) is 0 Å². The number of nitrogens with two attached hydrogens (primary N) is 1. The maximum atomic E-state index is 14.1. The van der Waals surface area contributed by atoms with Crippen LogP contribution in [0, 0.1) is 5.82 Å². The second-order valence-corrected chi connectivity index (χ2v) is 12.1. The fourth-order valence-corrected chi connectivity index (χ4v) is 6.32. The van der Waals surface area contributed by atoms with Crippen LogP contribution in [-0.2, 0) is 9.53 Å². The Morgan fingerprint density at radius 1 is 0.918 bits per heavy atom. The summed E-state index contributed by atoms with van der Waals surface area (Å²) in [4.78, 5) is 35.6. The van der Waals surface area contributed by atoms with Gasteiger partial charge in [0.2, 0.25) is 5.76 Å². The van der Waals surface area contributed by atoms with Crippen LogP contribution < -0.4 is 21.3 Å². The minimum atomic E-state index is -4.76. The second kappa shape index (κ2) is 14.6. The van der Waals surface area contributed by atoms with E-state index >= 15 is 0 Å². The zero-order valence-electron chi connectivity index (χ0n) is 26.6. The highest BCUT2D eigenvalue weighted by molar-refractivity contribution is 6.03. The van der Waals surface area contributed by atoms with Gasteiger partial charge in [0, 0.05) is 26.2 Å². The van der Waals surface area contributed by atoms with E-state index in [4.69, 9.17) is 10.5 Å². The highest BCUT2D eigenvalue weighted by atomic mass is 19.4. The van der Waals surface area contributed by atoms with Gasteiger partial charge in [0.15, 0.2) is 5.88 Å². The largest absolute Gasteiger partial charge is 0.435 e. The third kappa shape index (κ3) is 7.96. The monoisotopic (exact) mass is 679 g/mol. The van der Waals surface area contributed by atoms with Crippen molar-refractivity contribution in [2.45, 2.75) is 43.9 Å². The molecule has 0 spiro atoms. The third-order valence-electron chi connectivity index (χ3n) is 8.94. The maximum Gasteiger partial charge on any atom is 0.416 e. The van der Waals surface area contributed by atoms with Gasteiger partial charge in [-0.1, -0.05) is 42.5 Å². The van der Waals surface area contributed by atoms with Gasteiger partial charge in [-0.05, 0) is 67.5 Å². The van der Waals surface area contributed by atoms with Gasteiger partial charge in [-0.3, -0.25) is 4.79 Å². The summed E-state index contributed by atoms with van der Waals surface area (Å²) < 4.78 is 62.2. The normalized spacial score (nSPS) is 19.2. The number of amides is 3. The Kier molecular flexibility index (Phi) is 10.0. The Bertz CT molecular complexity index is 1710. The molecule has 1 atom stereocenters. The summed E-state index contributed by atoms with van der Waals surface area (Å²) >= 11 is 0. The molecule has 1 aromatic heterocycles. The molecule has 4 N–H and O–H groups in total. The number of rotatable bonds is 6. The van der Waals surface area contributed by atoms with Gasteiger partial charge in [-0.25, -0.2) is 14.2 Å². The number of pyridine rings is 1. The van der Waals surface area contributed by atoms with Gasteiger partial charge in [0.05, 0.1) is 35.9 Å². The fraction of sp³-hybridized carbons (Fsp3) is 0.343.